The quantitative estimate of drug-likeness (QED) is 0.896. The van der Waals surface area contributed by atoms with E-state index in [2.05, 4.69) is 10.6 Å². The molecule has 0 bridgehead atoms. The summed E-state index contributed by atoms with van der Waals surface area (Å²) in [5, 5.41) is 6.06. The van der Waals surface area contributed by atoms with Gasteiger partial charge in [0.25, 0.3) is 5.91 Å². The van der Waals surface area contributed by atoms with E-state index in [1.54, 1.807) is 30.3 Å². The van der Waals surface area contributed by atoms with Gasteiger partial charge in [-0.15, -0.1) is 0 Å². The molecule has 0 spiro atoms. The summed E-state index contributed by atoms with van der Waals surface area (Å²) < 4.78 is 5.57. The molecule has 24 heavy (non-hydrogen) atoms. The van der Waals surface area contributed by atoms with Gasteiger partial charge in [-0.1, -0.05) is 41.9 Å². The largest absolute Gasteiger partial charge is 0.492 e. The van der Waals surface area contributed by atoms with Crippen LogP contribution < -0.4 is 15.4 Å². The molecule has 0 unspecified atom stereocenters. The summed E-state index contributed by atoms with van der Waals surface area (Å²) in [5.74, 6) is 0.0855. The van der Waals surface area contributed by atoms with Gasteiger partial charge in [0.15, 0.2) is 0 Å². The maximum atomic E-state index is 12.1. The molecule has 2 N–H and O–H groups in total. The Labute approximate surface area is 145 Å². The van der Waals surface area contributed by atoms with E-state index in [9.17, 15) is 9.59 Å². The number of rotatable bonds is 4. The van der Waals surface area contributed by atoms with E-state index in [0.717, 1.165) is 5.56 Å². The molecule has 6 heteroatoms. The molecule has 3 rings (SSSR count). The summed E-state index contributed by atoms with van der Waals surface area (Å²) in [6.07, 6.45) is 0.658. The molecule has 124 valence electrons. The van der Waals surface area contributed by atoms with Gasteiger partial charge in [-0.05, 0) is 18.2 Å². The monoisotopic (exact) mass is 344 g/mol. The number of amides is 2. The van der Waals surface area contributed by atoms with E-state index in [-0.39, 0.29) is 24.4 Å². The summed E-state index contributed by atoms with van der Waals surface area (Å²) in [7, 11) is 0. The topological polar surface area (TPSA) is 67.4 Å². The van der Waals surface area contributed by atoms with Crippen molar-refractivity contribution < 1.29 is 14.3 Å². The van der Waals surface area contributed by atoms with Gasteiger partial charge in [0.2, 0.25) is 5.91 Å². The molecule has 5 nitrogen and oxygen atoms in total. The molecule has 1 atom stereocenters. The Kier molecular flexibility index (Phi) is 5.01. The van der Waals surface area contributed by atoms with Crippen LogP contribution in [0.15, 0.2) is 48.5 Å². The Balaban J connectivity index is 1.59. The number of hydrogen-bond donors (Lipinski definition) is 2. The standard InChI is InChI=1S/C18H17ClN2O3/c19-14-8-4-7-13-15(9-10-24-17(13)14)21-16(22)11-20-18(23)12-5-2-1-3-6-12/h1-8,15H,9-11H2,(H,20,23)(H,21,22)/t15-/m0/s1. The highest BCUT2D eigenvalue weighted by molar-refractivity contribution is 6.32. The van der Waals surface area contributed by atoms with E-state index in [0.29, 0.717) is 29.4 Å². The van der Waals surface area contributed by atoms with Crippen LogP contribution in [0.25, 0.3) is 0 Å². The average molecular weight is 345 g/mol. The molecule has 1 aliphatic rings. The molecule has 2 aromatic carbocycles. The molecule has 1 heterocycles. The van der Waals surface area contributed by atoms with Crippen LogP contribution in [0.5, 0.6) is 5.75 Å². The summed E-state index contributed by atoms with van der Waals surface area (Å²) in [4.78, 5) is 24.1. The molecular formula is C18H17ClN2O3. The summed E-state index contributed by atoms with van der Waals surface area (Å²) in [6, 6.07) is 14.1. The Morgan fingerprint density at radius 3 is 2.71 bits per heavy atom. The van der Waals surface area contributed by atoms with Crippen LogP contribution in [-0.2, 0) is 4.79 Å². The minimum absolute atomic E-state index is 0.0824. The molecule has 0 saturated carbocycles. The molecule has 2 aromatic rings. The number of carbonyl (C=O) groups is 2. The van der Waals surface area contributed by atoms with Gasteiger partial charge in [0.05, 0.1) is 24.2 Å². The van der Waals surface area contributed by atoms with Crippen LogP contribution in [0.2, 0.25) is 5.02 Å². The van der Waals surface area contributed by atoms with E-state index in [1.165, 1.54) is 0 Å². The molecular weight excluding hydrogens is 328 g/mol. The Morgan fingerprint density at radius 1 is 1.12 bits per heavy atom. The number of benzene rings is 2. The third-order valence-corrected chi connectivity index (χ3v) is 4.10. The van der Waals surface area contributed by atoms with Gasteiger partial charge in [-0.3, -0.25) is 9.59 Å². The number of ether oxygens (including phenoxy) is 1. The summed E-state index contributed by atoms with van der Waals surface area (Å²) >= 11 is 6.12. The van der Waals surface area contributed by atoms with Crippen LogP contribution in [0.3, 0.4) is 0 Å². The van der Waals surface area contributed by atoms with Crippen molar-refractivity contribution in [2.75, 3.05) is 13.2 Å². The van der Waals surface area contributed by atoms with Gasteiger partial charge < -0.3 is 15.4 Å². The minimum atomic E-state index is -0.277. The Hall–Kier alpha value is -2.53. The molecule has 0 aliphatic carbocycles. The zero-order valence-electron chi connectivity index (χ0n) is 12.9. The van der Waals surface area contributed by atoms with Gasteiger partial charge in [-0.2, -0.15) is 0 Å². The van der Waals surface area contributed by atoms with Crippen molar-refractivity contribution >= 4 is 23.4 Å². The highest BCUT2D eigenvalue weighted by Gasteiger charge is 2.24. The number of fused-ring (bicyclic) bond motifs is 1. The first-order chi connectivity index (χ1) is 11.6. The zero-order chi connectivity index (χ0) is 16.9. The summed E-state index contributed by atoms with van der Waals surface area (Å²) in [6.45, 7) is 0.402. The number of nitrogens with one attached hydrogen (secondary N) is 2. The fourth-order valence-corrected chi connectivity index (χ4v) is 2.87. The van der Waals surface area contributed by atoms with Crippen LogP contribution in [0.4, 0.5) is 0 Å². The van der Waals surface area contributed by atoms with E-state index < -0.39 is 0 Å². The smallest absolute Gasteiger partial charge is 0.251 e. The lowest BCUT2D eigenvalue weighted by Gasteiger charge is -2.27. The van der Waals surface area contributed by atoms with Gasteiger partial charge in [-0.25, -0.2) is 0 Å². The maximum absolute atomic E-state index is 12.1. The SMILES string of the molecule is O=C(CNC(=O)c1ccccc1)N[C@H]1CCOc2c(Cl)cccc21. The maximum Gasteiger partial charge on any atom is 0.251 e. The van der Waals surface area contributed by atoms with Gasteiger partial charge in [0.1, 0.15) is 5.75 Å². The van der Waals surface area contributed by atoms with Crippen molar-refractivity contribution in [3.63, 3.8) is 0 Å². The predicted octanol–water partition coefficient (Wildman–Crippen LogP) is 2.71. The van der Waals surface area contributed by atoms with Crippen LogP contribution in [0, 0.1) is 0 Å². The van der Waals surface area contributed by atoms with E-state index in [1.807, 2.05) is 18.2 Å². The van der Waals surface area contributed by atoms with Crippen LogP contribution >= 0.6 is 11.6 Å². The van der Waals surface area contributed by atoms with Gasteiger partial charge in [0, 0.05) is 17.5 Å². The van der Waals surface area contributed by atoms with E-state index >= 15 is 0 Å². The molecule has 0 fully saturated rings. The third kappa shape index (κ3) is 3.68. The first-order valence-corrected chi connectivity index (χ1v) is 8.07. The lowest BCUT2D eigenvalue weighted by atomic mass is 10.0. The number of para-hydroxylation sites is 1. The second-order valence-electron chi connectivity index (χ2n) is 5.46. The number of carbonyl (C=O) groups excluding carboxylic acids is 2. The lowest BCUT2D eigenvalue weighted by molar-refractivity contribution is -0.121. The number of halogens is 1. The average Bonchev–Trinajstić information content (AvgIpc) is 2.61. The molecule has 2 amide bonds. The molecule has 0 saturated heterocycles. The Bertz CT molecular complexity index is 749. The van der Waals surface area contributed by atoms with Crippen molar-refractivity contribution in [3.05, 3.63) is 64.7 Å². The second kappa shape index (κ2) is 7.36. The molecule has 0 radical (unpaired) electrons. The normalized spacial score (nSPS) is 15.8. The fraction of sp³-hybridized carbons (Fsp3) is 0.222. The number of hydrogen-bond acceptors (Lipinski definition) is 3. The highest BCUT2D eigenvalue weighted by atomic mass is 35.5. The van der Waals surface area contributed by atoms with Crippen LogP contribution in [0.1, 0.15) is 28.4 Å². The van der Waals surface area contributed by atoms with Crippen molar-refractivity contribution in [3.8, 4) is 5.75 Å². The van der Waals surface area contributed by atoms with Crippen molar-refractivity contribution in [2.24, 2.45) is 0 Å². The van der Waals surface area contributed by atoms with Crippen molar-refractivity contribution in [1.82, 2.24) is 10.6 Å². The molecule has 1 aliphatic heterocycles. The van der Waals surface area contributed by atoms with Crippen molar-refractivity contribution in [1.29, 1.82) is 0 Å². The zero-order valence-corrected chi connectivity index (χ0v) is 13.7. The fourth-order valence-electron chi connectivity index (χ4n) is 2.63. The molecule has 0 aromatic heterocycles. The van der Waals surface area contributed by atoms with E-state index in [4.69, 9.17) is 16.3 Å². The Morgan fingerprint density at radius 2 is 1.92 bits per heavy atom. The lowest BCUT2D eigenvalue weighted by Crippen LogP contribution is -2.40. The minimum Gasteiger partial charge on any atom is -0.492 e. The first kappa shape index (κ1) is 16.3. The predicted molar refractivity (Wildman–Crippen MR) is 91.2 cm³/mol. The third-order valence-electron chi connectivity index (χ3n) is 3.81. The second-order valence-corrected chi connectivity index (χ2v) is 5.87. The van der Waals surface area contributed by atoms with Gasteiger partial charge >= 0.3 is 0 Å². The summed E-state index contributed by atoms with van der Waals surface area (Å²) in [5.41, 5.74) is 1.38. The first-order valence-electron chi connectivity index (χ1n) is 7.69. The van der Waals surface area contributed by atoms with Crippen LogP contribution in [-0.4, -0.2) is 25.0 Å². The van der Waals surface area contributed by atoms with Crippen molar-refractivity contribution in [2.45, 2.75) is 12.5 Å². The highest BCUT2D eigenvalue weighted by Crippen LogP contribution is 2.37.